The van der Waals surface area contributed by atoms with Gasteiger partial charge in [0.05, 0.1) is 5.41 Å². The number of carbonyl (C=O) groups is 2. The zero-order chi connectivity index (χ0) is 14.9. The van der Waals surface area contributed by atoms with Gasteiger partial charge in [-0.15, -0.1) is 0 Å². The fourth-order valence-corrected chi connectivity index (χ4v) is 2.89. The Labute approximate surface area is 121 Å². The first-order valence-electron chi connectivity index (χ1n) is 6.88. The molecule has 0 unspecified atom stereocenters. The minimum Gasteiger partial charge on any atom is -0.478 e. The summed E-state index contributed by atoms with van der Waals surface area (Å²) in [5.41, 5.74) is 1.25. The minimum atomic E-state index is -0.998. The number of rotatable bonds is 2. The zero-order valence-electron chi connectivity index (χ0n) is 11.5. The third-order valence-corrected chi connectivity index (χ3v) is 4.10. The predicted molar refractivity (Wildman–Crippen MR) is 75.7 cm³/mol. The van der Waals surface area contributed by atoms with Crippen molar-refractivity contribution in [3.63, 3.8) is 0 Å². The summed E-state index contributed by atoms with van der Waals surface area (Å²) < 4.78 is 5.35. The van der Waals surface area contributed by atoms with Gasteiger partial charge in [-0.25, -0.2) is 9.78 Å². The Hall–Kier alpha value is -2.21. The molecule has 1 spiro atoms. The summed E-state index contributed by atoms with van der Waals surface area (Å²) in [5.74, 6) is -0.411. The molecule has 0 aliphatic carbocycles. The number of ether oxygens (including phenoxy) is 1. The second-order valence-corrected chi connectivity index (χ2v) is 5.47. The van der Waals surface area contributed by atoms with Crippen molar-refractivity contribution in [1.82, 2.24) is 4.98 Å². The predicted octanol–water partition coefficient (Wildman–Crippen LogP) is 1.47. The SMILES string of the molecule is O=C(O)/C=C/c1cnc2c(c1)CC1(CCOCC1)C(=O)N2. The van der Waals surface area contributed by atoms with Crippen molar-refractivity contribution in [3.05, 3.63) is 29.5 Å². The van der Waals surface area contributed by atoms with Crippen molar-refractivity contribution >= 4 is 23.8 Å². The first-order valence-corrected chi connectivity index (χ1v) is 6.88. The van der Waals surface area contributed by atoms with Gasteiger partial charge in [0.2, 0.25) is 5.91 Å². The molecule has 3 heterocycles. The summed E-state index contributed by atoms with van der Waals surface area (Å²) >= 11 is 0. The van der Waals surface area contributed by atoms with Crippen molar-refractivity contribution in [2.45, 2.75) is 19.3 Å². The van der Waals surface area contributed by atoms with E-state index in [4.69, 9.17) is 9.84 Å². The monoisotopic (exact) mass is 288 g/mol. The number of aromatic nitrogens is 1. The molecule has 3 rings (SSSR count). The largest absolute Gasteiger partial charge is 0.478 e. The lowest BCUT2D eigenvalue weighted by Gasteiger charge is -2.39. The number of amides is 1. The summed E-state index contributed by atoms with van der Waals surface area (Å²) in [4.78, 5) is 27.1. The lowest BCUT2D eigenvalue weighted by atomic mass is 9.72. The van der Waals surface area contributed by atoms with E-state index >= 15 is 0 Å². The first-order chi connectivity index (χ1) is 10.1. The second-order valence-electron chi connectivity index (χ2n) is 5.47. The van der Waals surface area contributed by atoms with Gasteiger partial charge in [0.1, 0.15) is 5.82 Å². The minimum absolute atomic E-state index is 0.0135. The highest BCUT2D eigenvalue weighted by atomic mass is 16.5. The Kier molecular flexibility index (Phi) is 3.47. The van der Waals surface area contributed by atoms with Gasteiger partial charge in [0.25, 0.3) is 0 Å². The van der Waals surface area contributed by atoms with Crippen LogP contribution in [0.1, 0.15) is 24.0 Å². The maximum Gasteiger partial charge on any atom is 0.328 e. The molecule has 0 radical (unpaired) electrons. The highest BCUT2D eigenvalue weighted by Crippen LogP contribution is 2.40. The Morgan fingerprint density at radius 3 is 2.90 bits per heavy atom. The van der Waals surface area contributed by atoms with Gasteiger partial charge in [-0.05, 0) is 42.5 Å². The average molecular weight is 288 g/mol. The van der Waals surface area contributed by atoms with E-state index in [-0.39, 0.29) is 5.91 Å². The van der Waals surface area contributed by atoms with Crippen LogP contribution in [0.5, 0.6) is 0 Å². The van der Waals surface area contributed by atoms with Crippen molar-refractivity contribution < 1.29 is 19.4 Å². The van der Waals surface area contributed by atoms with Gasteiger partial charge in [-0.2, -0.15) is 0 Å². The maximum atomic E-state index is 12.3. The highest BCUT2D eigenvalue weighted by molar-refractivity contribution is 5.97. The van der Waals surface area contributed by atoms with Crippen LogP contribution in [-0.4, -0.2) is 35.2 Å². The molecule has 0 bridgehead atoms. The number of pyridine rings is 1. The van der Waals surface area contributed by atoms with Gasteiger partial charge in [-0.1, -0.05) is 0 Å². The number of fused-ring (bicyclic) bond motifs is 1. The van der Waals surface area contributed by atoms with Crippen LogP contribution in [0.2, 0.25) is 0 Å². The first kappa shape index (κ1) is 13.8. The van der Waals surface area contributed by atoms with Crippen LogP contribution in [0.15, 0.2) is 18.3 Å². The van der Waals surface area contributed by atoms with E-state index in [0.29, 0.717) is 38.3 Å². The van der Waals surface area contributed by atoms with Crippen LogP contribution in [0.25, 0.3) is 6.08 Å². The Bertz CT molecular complexity index is 618. The van der Waals surface area contributed by atoms with Crippen molar-refractivity contribution in [2.24, 2.45) is 5.41 Å². The molecule has 2 N–H and O–H groups in total. The van der Waals surface area contributed by atoms with Crippen molar-refractivity contribution in [3.8, 4) is 0 Å². The molecule has 1 aromatic rings. The highest BCUT2D eigenvalue weighted by Gasteiger charge is 2.43. The van der Waals surface area contributed by atoms with Crippen LogP contribution in [0.3, 0.4) is 0 Å². The quantitative estimate of drug-likeness (QED) is 0.804. The molecular formula is C15H16N2O4. The van der Waals surface area contributed by atoms with E-state index < -0.39 is 11.4 Å². The molecule has 6 nitrogen and oxygen atoms in total. The second kappa shape index (κ2) is 5.29. The smallest absolute Gasteiger partial charge is 0.328 e. The summed E-state index contributed by atoms with van der Waals surface area (Å²) in [5, 5.41) is 11.5. The van der Waals surface area contributed by atoms with Crippen LogP contribution >= 0.6 is 0 Å². The average Bonchev–Trinajstić information content (AvgIpc) is 2.47. The fourth-order valence-electron chi connectivity index (χ4n) is 2.89. The maximum absolute atomic E-state index is 12.3. The van der Waals surface area contributed by atoms with E-state index in [1.807, 2.05) is 6.07 Å². The van der Waals surface area contributed by atoms with E-state index in [9.17, 15) is 9.59 Å². The van der Waals surface area contributed by atoms with E-state index in [1.54, 1.807) is 6.20 Å². The number of hydrogen-bond acceptors (Lipinski definition) is 4. The number of carboxylic acid groups (broad SMARTS) is 1. The fraction of sp³-hybridized carbons (Fsp3) is 0.400. The molecule has 1 saturated heterocycles. The molecule has 0 atom stereocenters. The van der Waals surface area contributed by atoms with Gasteiger partial charge in [-0.3, -0.25) is 4.79 Å². The third kappa shape index (κ3) is 2.67. The topological polar surface area (TPSA) is 88.5 Å². The lowest BCUT2D eigenvalue weighted by Crippen LogP contribution is -2.45. The Balaban J connectivity index is 1.90. The van der Waals surface area contributed by atoms with E-state index in [1.165, 1.54) is 6.08 Å². The molecule has 0 aromatic carbocycles. The summed E-state index contributed by atoms with van der Waals surface area (Å²) in [6.45, 7) is 1.18. The molecular weight excluding hydrogens is 272 g/mol. The van der Waals surface area contributed by atoms with Crippen molar-refractivity contribution in [1.29, 1.82) is 0 Å². The van der Waals surface area contributed by atoms with Crippen molar-refractivity contribution in [2.75, 3.05) is 18.5 Å². The number of hydrogen-bond donors (Lipinski definition) is 2. The number of nitrogens with zero attached hydrogens (tertiary/aromatic N) is 1. The Morgan fingerprint density at radius 2 is 2.19 bits per heavy atom. The third-order valence-electron chi connectivity index (χ3n) is 4.10. The number of aliphatic carboxylic acids is 1. The van der Waals surface area contributed by atoms with Crippen LogP contribution < -0.4 is 5.32 Å². The number of nitrogens with one attached hydrogen (secondary N) is 1. The standard InChI is InChI=1S/C15H16N2O4/c18-12(19)2-1-10-7-11-8-15(3-5-21-6-4-15)14(20)17-13(11)16-9-10/h1-2,7,9H,3-6,8H2,(H,18,19)(H,16,17,20)/b2-1+. The van der Waals surface area contributed by atoms with Gasteiger partial charge in [0, 0.05) is 25.5 Å². The normalized spacial score (nSPS) is 20.3. The molecule has 2 aliphatic rings. The molecule has 110 valence electrons. The molecule has 1 amide bonds. The Morgan fingerprint density at radius 1 is 1.43 bits per heavy atom. The zero-order valence-corrected chi connectivity index (χ0v) is 11.5. The summed E-state index contributed by atoms with van der Waals surface area (Å²) in [6.07, 6.45) is 6.17. The summed E-state index contributed by atoms with van der Waals surface area (Å²) in [6, 6.07) is 1.89. The molecule has 6 heteroatoms. The molecule has 0 saturated carbocycles. The number of carbonyl (C=O) groups excluding carboxylic acids is 1. The van der Waals surface area contributed by atoms with Crippen LogP contribution in [0, 0.1) is 5.41 Å². The lowest BCUT2D eigenvalue weighted by molar-refractivity contribution is -0.132. The molecule has 1 fully saturated rings. The van der Waals surface area contributed by atoms with E-state index in [0.717, 1.165) is 17.2 Å². The number of carboxylic acids is 1. The number of anilines is 1. The van der Waals surface area contributed by atoms with E-state index in [2.05, 4.69) is 10.3 Å². The summed E-state index contributed by atoms with van der Waals surface area (Å²) in [7, 11) is 0. The van der Waals surface area contributed by atoms with Gasteiger partial charge >= 0.3 is 5.97 Å². The van der Waals surface area contributed by atoms with Crippen LogP contribution in [-0.2, 0) is 20.7 Å². The van der Waals surface area contributed by atoms with Gasteiger partial charge in [0.15, 0.2) is 0 Å². The van der Waals surface area contributed by atoms with Gasteiger partial charge < -0.3 is 15.2 Å². The van der Waals surface area contributed by atoms with Crippen LogP contribution in [0.4, 0.5) is 5.82 Å². The molecule has 1 aromatic heterocycles. The molecule has 2 aliphatic heterocycles. The molecule has 21 heavy (non-hydrogen) atoms.